The molecule has 0 fully saturated rings. The van der Waals surface area contributed by atoms with Gasteiger partial charge in [-0.05, 0) is 30.5 Å². The molecule has 2 N–H and O–H groups in total. The Bertz CT molecular complexity index is 549. The fraction of sp³-hybridized carbons (Fsp3) is 0.231. The maximum atomic E-state index is 5.74. The summed E-state index contributed by atoms with van der Waals surface area (Å²) in [7, 11) is 2.00. The van der Waals surface area contributed by atoms with E-state index in [1.807, 2.05) is 32.2 Å². The molecule has 0 bridgehead atoms. The van der Waals surface area contributed by atoms with E-state index in [-0.39, 0.29) is 0 Å². The first-order chi connectivity index (χ1) is 8.58. The summed E-state index contributed by atoms with van der Waals surface area (Å²) in [6.07, 6.45) is 0. The maximum absolute atomic E-state index is 5.74. The van der Waals surface area contributed by atoms with E-state index in [2.05, 4.69) is 21.3 Å². The number of anilines is 1. The van der Waals surface area contributed by atoms with E-state index >= 15 is 0 Å². The number of hydrogen-bond donors (Lipinski definition) is 1. The SMILES string of the molecule is Cc1ccc(C(N)=S)c(N(C)Cc2cccs2)n1. The smallest absolute Gasteiger partial charge is 0.139 e. The largest absolute Gasteiger partial charge is 0.389 e. The lowest BCUT2D eigenvalue weighted by molar-refractivity contribution is 0.904. The quantitative estimate of drug-likeness (QED) is 0.873. The van der Waals surface area contributed by atoms with Crippen LogP contribution in [0.2, 0.25) is 0 Å². The molecule has 94 valence electrons. The van der Waals surface area contributed by atoms with Gasteiger partial charge in [-0.1, -0.05) is 18.3 Å². The molecule has 0 atom stereocenters. The van der Waals surface area contributed by atoms with E-state index in [0.29, 0.717) is 4.99 Å². The molecule has 2 aromatic heterocycles. The minimum absolute atomic E-state index is 0.385. The number of aryl methyl sites for hydroxylation is 1. The highest BCUT2D eigenvalue weighted by Crippen LogP contribution is 2.21. The number of pyridine rings is 1. The number of nitrogens with zero attached hydrogens (tertiary/aromatic N) is 2. The Hall–Kier alpha value is -1.46. The lowest BCUT2D eigenvalue weighted by atomic mass is 10.2. The van der Waals surface area contributed by atoms with Gasteiger partial charge >= 0.3 is 0 Å². The Morgan fingerprint density at radius 2 is 2.22 bits per heavy atom. The van der Waals surface area contributed by atoms with E-state index in [1.54, 1.807) is 11.3 Å². The van der Waals surface area contributed by atoms with Crippen LogP contribution < -0.4 is 10.6 Å². The van der Waals surface area contributed by atoms with Crippen molar-refractivity contribution in [1.29, 1.82) is 0 Å². The first-order valence-electron chi connectivity index (χ1n) is 5.59. The van der Waals surface area contributed by atoms with Crippen LogP contribution in [0.1, 0.15) is 16.1 Å². The maximum Gasteiger partial charge on any atom is 0.139 e. The van der Waals surface area contributed by atoms with Gasteiger partial charge in [-0.25, -0.2) is 4.98 Å². The minimum atomic E-state index is 0.385. The summed E-state index contributed by atoms with van der Waals surface area (Å²) in [5, 5.41) is 2.07. The molecule has 0 aliphatic rings. The van der Waals surface area contributed by atoms with Gasteiger partial charge in [-0.3, -0.25) is 0 Å². The molecule has 2 rings (SSSR count). The summed E-state index contributed by atoms with van der Waals surface area (Å²) in [5.41, 5.74) is 7.53. The zero-order chi connectivity index (χ0) is 13.1. The van der Waals surface area contributed by atoms with Crippen LogP contribution in [0.25, 0.3) is 0 Å². The normalized spacial score (nSPS) is 10.3. The van der Waals surface area contributed by atoms with Gasteiger partial charge in [0.25, 0.3) is 0 Å². The highest BCUT2D eigenvalue weighted by molar-refractivity contribution is 7.80. The highest BCUT2D eigenvalue weighted by atomic mass is 32.1. The Kier molecular flexibility index (Phi) is 3.93. The Labute approximate surface area is 116 Å². The van der Waals surface area contributed by atoms with Gasteiger partial charge in [0, 0.05) is 17.6 Å². The standard InChI is InChI=1S/C13H15N3S2/c1-9-5-6-11(12(14)17)13(15-9)16(2)8-10-4-3-7-18-10/h3-7H,8H2,1-2H3,(H2,14,17). The average molecular weight is 277 g/mol. The number of thiocarbonyl (C=S) groups is 1. The monoisotopic (exact) mass is 277 g/mol. The third-order valence-electron chi connectivity index (χ3n) is 2.61. The van der Waals surface area contributed by atoms with Gasteiger partial charge in [-0.15, -0.1) is 11.3 Å². The van der Waals surface area contributed by atoms with Crippen molar-refractivity contribution in [2.24, 2.45) is 5.73 Å². The van der Waals surface area contributed by atoms with Gasteiger partial charge in [0.1, 0.15) is 10.8 Å². The zero-order valence-corrected chi connectivity index (χ0v) is 12.0. The molecule has 5 heteroatoms. The Balaban J connectivity index is 2.31. The molecule has 2 heterocycles. The summed E-state index contributed by atoms with van der Waals surface area (Å²) < 4.78 is 0. The molecular formula is C13H15N3S2. The van der Waals surface area contributed by atoms with Gasteiger partial charge in [-0.2, -0.15) is 0 Å². The highest BCUT2D eigenvalue weighted by Gasteiger charge is 2.12. The van der Waals surface area contributed by atoms with Crippen molar-refractivity contribution in [1.82, 2.24) is 4.98 Å². The number of nitrogens with two attached hydrogens (primary N) is 1. The van der Waals surface area contributed by atoms with Gasteiger partial charge < -0.3 is 10.6 Å². The van der Waals surface area contributed by atoms with Crippen molar-refractivity contribution < 1.29 is 0 Å². The van der Waals surface area contributed by atoms with Crippen LogP contribution in [0.5, 0.6) is 0 Å². The van der Waals surface area contributed by atoms with Crippen LogP contribution in [0, 0.1) is 6.92 Å². The van der Waals surface area contributed by atoms with Crippen LogP contribution in [0.3, 0.4) is 0 Å². The van der Waals surface area contributed by atoms with E-state index in [0.717, 1.165) is 23.6 Å². The molecule has 0 aliphatic carbocycles. The minimum Gasteiger partial charge on any atom is -0.389 e. The number of rotatable bonds is 4. The summed E-state index contributed by atoms with van der Waals surface area (Å²) in [6.45, 7) is 2.77. The van der Waals surface area contributed by atoms with Gasteiger partial charge in [0.15, 0.2) is 0 Å². The molecule has 0 saturated carbocycles. The summed E-state index contributed by atoms with van der Waals surface area (Å²) >= 11 is 6.80. The topological polar surface area (TPSA) is 42.1 Å². The number of thiophene rings is 1. The first kappa shape index (κ1) is 13.0. The van der Waals surface area contributed by atoms with Gasteiger partial charge in [0.2, 0.25) is 0 Å². The van der Waals surface area contributed by atoms with Crippen LogP contribution >= 0.6 is 23.6 Å². The lowest BCUT2D eigenvalue weighted by Crippen LogP contribution is -2.22. The molecule has 0 aliphatic heterocycles. The second-order valence-electron chi connectivity index (χ2n) is 4.12. The van der Waals surface area contributed by atoms with E-state index in [1.165, 1.54) is 4.88 Å². The van der Waals surface area contributed by atoms with Crippen molar-refractivity contribution >= 4 is 34.4 Å². The third kappa shape index (κ3) is 2.86. The Morgan fingerprint density at radius 1 is 1.44 bits per heavy atom. The molecule has 0 spiro atoms. The fourth-order valence-electron chi connectivity index (χ4n) is 1.74. The number of hydrogen-bond acceptors (Lipinski definition) is 4. The summed E-state index contributed by atoms with van der Waals surface area (Å²) in [4.78, 5) is 8.29. The van der Waals surface area contributed by atoms with E-state index < -0.39 is 0 Å². The fourth-order valence-corrected chi connectivity index (χ4v) is 2.65. The molecule has 0 radical (unpaired) electrons. The number of aromatic nitrogens is 1. The van der Waals surface area contributed by atoms with Crippen LogP contribution in [0.15, 0.2) is 29.6 Å². The van der Waals surface area contributed by atoms with Crippen molar-refractivity contribution in [2.45, 2.75) is 13.5 Å². The predicted octanol–water partition coefficient (Wildman–Crippen LogP) is 2.72. The summed E-state index contributed by atoms with van der Waals surface area (Å²) in [5.74, 6) is 0.843. The molecule has 18 heavy (non-hydrogen) atoms. The molecule has 0 aromatic carbocycles. The average Bonchev–Trinajstić information content (AvgIpc) is 2.81. The molecule has 2 aromatic rings. The summed E-state index contributed by atoms with van der Waals surface area (Å²) in [6, 6.07) is 8.02. The zero-order valence-electron chi connectivity index (χ0n) is 10.4. The van der Waals surface area contributed by atoms with Crippen LogP contribution in [-0.2, 0) is 6.54 Å². The van der Waals surface area contributed by atoms with Gasteiger partial charge in [0.05, 0.1) is 12.1 Å². The molecule has 0 amide bonds. The lowest BCUT2D eigenvalue weighted by Gasteiger charge is -2.20. The first-order valence-corrected chi connectivity index (χ1v) is 6.87. The van der Waals surface area contributed by atoms with Crippen LogP contribution in [-0.4, -0.2) is 17.0 Å². The third-order valence-corrected chi connectivity index (χ3v) is 3.70. The van der Waals surface area contributed by atoms with Crippen molar-refractivity contribution in [3.8, 4) is 0 Å². The second-order valence-corrected chi connectivity index (χ2v) is 5.60. The predicted molar refractivity (Wildman–Crippen MR) is 81.3 cm³/mol. The molecule has 0 unspecified atom stereocenters. The van der Waals surface area contributed by atoms with Crippen molar-refractivity contribution in [3.63, 3.8) is 0 Å². The second kappa shape index (κ2) is 5.46. The molecular weight excluding hydrogens is 262 g/mol. The van der Waals surface area contributed by atoms with Crippen molar-refractivity contribution in [3.05, 3.63) is 45.8 Å². The molecule has 0 saturated heterocycles. The Morgan fingerprint density at radius 3 is 2.83 bits per heavy atom. The molecule has 3 nitrogen and oxygen atoms in total. The van der Waals surface area contributed by atoms with Crippen LogP contribution in [0.4, 0.5) is 5.82 Å². The van der Waals surface area contributed by atoms with Crippen molar-refractivity contribution in [2.75, 3.05) is 11.9 Å². The van der Waals surface area contributed by atoms with E-state index in [4.69, 9.17) is 18.0 Å². The van der Waals surface area contributed by atoms with E-state index in [9.17, 15) is 0 Å².